The number of aliphatic hydroxyl groups is 4. The molecule has 0 radical (unpaired) electrons. The van der Waals surface area contributed by atoms with Gasteiger partial charge < -0.3 is 39.4 Å². The molecule has 0 aromatic heterocycles. The van der Waals surface area contributed by atoms with Crippen molar-refractivity contribution in [2.24, 2.45) is 17.8 Å². The number of allylic oxidation sites excluding steroid dienone is 1. The zero-order chi connectivity index (χ0) is 32.9. The smallest absolute Gasteiger partial charge is 0.333 e. The Morgan fingerprint density at radius 2 is 1.52 bits per heavy atom. The van der Waals surface area contributed by atoms with Crippen LogP contribution in [0.2, 0.25) is 0 Å². The molecule has 1 aliphatic rings. The largest absolute Gasteiger partial charge is 0.459 e. The maximum absolute atomic E-state index is 12.8. The quantitative estimate of drug-likeness (QED) is 0.110. The van der Waals surface area contributed by atoms with Gasteiger partial charge in [-0.15, -0.1) is 0 Å². The average molecular weight is 601 g/mol. The molecular formula is C30H48O12. The van der Waals surface area contributed by atoms with E-state index in [-0.39, 0.29) is 17.6 Å². The van der Waals surface area contributed by atoms with Crippen molar-refractivity contribution in [1.29, 1.82) is 0 Å². The highest BCUT2D eigenvalue weighted by Gasteiger charge is 2.63. The minimum atomic E-state index is -2.09. The van der Waals surface area contributed by atoms with Crippen LogP contribution < -0.4 is 0 Å². The van der Waals surface area contributed by atoms with E-state index < -0.39 is 89.5 Å². The molecule has 42 heavy (non-hydrogen) atoms. The van der Waals surface area contributed by atoms with Crippen molar-refractivity contribution in [2.45, 2.75) is 123 Å². The van der Waals surface area contributed by atoms with Crippen LogP contribution in [0.25, 0.3) is 0 Å². The van der Waals surface area contributed by atoms with E-state index in [1.54, 1.807) is 34.6 Å². The second-order valence-corrected chi connectivity index (χ2v) is 12.2. The topological polar surface area (TPSA) is 186 Å². The number of hydrogen-bond donors (Lipinski definition) is 4. The molecule has 8 atom stereocenters. The summed E-state index contributed by atoms with van der Waals surface area (Å²) in [5, 5.41) is 44.9. The number of esters is 4. The number of ether oxygens (including phenoxy) is 4. The molecule has 0 amide bonds. The first-order valence-corrected chi connectivity index (χ1v) is 14.0. The lowest BCUT2D eigenvalue weighted by Crippen LogP contribution is -2.71. The van der Waals surface area contributed by atoms with E-state index in [9.17, 15) is 39.6 Å². The third-order valence-corrected chi connectivity index (χ3v) is 7.38. The summed E-state index contributed by atoms with van der Waals surface area (Å²) in [6.45, 7) is 18.3. The van der Waals surface area contributed by atoms with E-state index in [4.69, 9.17) is 18.9 Å². The van der Waals surface area contributed by atoms with Crippen LogP contribution in [0.3, 0.4) is 0 Å². The van der Waals surface area contributed by atoms with Crippen LogP contribution in [0.15, 0.2) is 23.8 Å². The van der Waals surface area contributed by atoms with Crippen LogP contribution in [0.5, 0.6) is 0 Å². The normalized spacial score (nSPS) is 28.1. The number of carbonyl (C=O) groups is 4. The van der Waals surface area contributed by atoms with Gasteiger partial charge in [0.25, 0.3) is 0 Å². The van der Waals surface area contributed by atoms with E-state index in [2.05, 4.69) is 6.58 Å². The van der Waals surface area contributed by atoms with Crippen molar-refractivity contribution in [1.82, 2.24) is 0 Å². The van der Waals surface area contributed by atoms with Gasteiger partial charge in [0.2, 0.25) is 0 Å². The van der Waals surface area contributed by atoms with Gasteiger partial charge in [0.1, 0.15) is 18.3 Å². The number of carbonyl (C=O) groups excluding carboxylic acids is 4. The van der Waals surface area contributed by atoms with Gasteiger partial charge in [0, 0.05) is 18.9 Å². The molecule has 1 fully saturated rings. The number of aliphatic hydroxyl groups excluding tert-OH is 3. The van der Waals surface area contributed by atoms with Crippen LogP contribution in [-0.2, 0) is 38.1 Å². The van der Waals surface area contributed by atoms with Gasteiger partial charge in [-0.05, 0) is 40.2 Å². The first kappa shape index (κ1) is 37.2. The maximum Gasteiger partial charge on any atom is 0.333 e. The summed E-state index contributed by atoms with van der Waals surface area (Å²) in [7, 11) is 0. The molecule has 0 heterocycles. The number of hydrogen-bond acceptors (Lipinski definition) is 12. The lowest BCUT2D eigenvalue weighted by Gasteiger charge is -2.52. The number of rotatable bonds is 12. The fourth-order valence-electron chi connectivity index (χ4n) is 4.52. The van der Waals surface area contributed by atoms with Crippen molar-refractivity contribution in [2.75, 3.05) is 0 Å². The predicted octanol–water partition coefficient (Wildman–Crippen LogP) is 1.75. The highest BCUT2D eigenvalue weighted by Crippen LogP contribution is 2.44. The fourth-order valence-corrected chi connectivity index (χ4v) is 4.52. The highest BCUT2D eigenvalue weighted by atomic mass is 16.6. The van der Waals surface area contributed by atoms with Gasteiger partial charge in [-0.2, -0.15) is 0 Å². The first-order valence-electron chi connectivity index (χ1n) is 14.0. The molecule has 1 aliphatic carbocycles. The van der Waals surface area contributed by atoms with Crippen molar-refractivity contribution in [3.05, 3.63) is 23.8 Å². The summed E-state index contributed by atoms with van der Waals surface area (Å²) in [5.41, 5.74) is -3.71. The van der Waals surface area contributed by atoms with Crippen LogP contribution in [0, 0.1) is 17.8 Å². The molecule has 0 saturated heterocycles. The Bertz CT molecular complexity index is 1040. The molecule has 1 saturated carbocycles. The third-order valence-electron chi connectivity index (χ3n) is 7.38. The Morgan fingerprint density at radius 3 is 1.95 bits per heavy atom. The maximum atomic E-state index is 12.8. The Balaban J connectivity index is 3.72. The van der Waals surface area contributed by atoms with E-state index in [0.29, 0.717) is 0 Å². The summed E-state index contributed by atoms with van der Waals surface area (Å²) < 4.78 is 22.1. The lowest BCUT2D eigenvalue weighted by molar-refractivity contribution is -0.263. The first-order chi connectivity index (χ1) is 19.1. The summed E-state index contributed by atoms with van der Waals surface area (Å²) >= 11 is 0. The van der Waals surface area contributed by atoms with Gasteiger partial charge in [-0.25, -0.2) is 4.79 Å². The minimum Gasteiger partial charge on any atom is -0.459 e. The molecule has 0 spiro atoms. The minimum absolute atomic E-state index is 0.160. The second kappa shape index (κ2) is 14.6. The van der Waals surface area contributed by atoms with Crippen LogP contribution >= 0.6 is 0 Å². The monoisotopic (exact) mass is 600 g/mol. The standard InChI is InChI=1S/C30H48O12/c1-12-16(6)28(37)40-23-22(33)21(17(7)19(32)13-20(29(9,10)38)39-26(35)14(2)3)25(41-27(36)15(4)5)30(11,24(23)34)42-18(8)31/h12,14-15,19-25,32-34,38H,7,13H2,1-6,8-11H3/b16-12-/t19-,20+,21+,22+,23+,24-,25+,30-/m1/s1. The van der Waals surface area contributed by atoms with Crippen LogP contribution in [0.4, 0.5) is 0 Å². The van der Waals surface area contributed by atoms with E-state index in [0.717, 1.165) is 6.92 Å². The van der Waals surface area contributed by atoms with Gasteiger partial charge >= 0.3 is 23.9 Å². The molecule has 0 aliphatic heterocycles. The second-order valence-electron chi connectivity index (χ2n) is 12.2. The molecule has 0 unspecified atom stereocenters. The van der Waals surface area contributed by atoms with Gasteiger partial charge in [-0.1, -0.05) is 40.3 Å². The summed E-state index contributed by atoms with van der Waals surface area (Å²) in [6.07, 6.45) is -8.78. The summed E-state index contributed by atoms with van der Waals surface area (Å²) in [4.78, 5) is 50.0. The van der Waals surface area contributed by atoms with Crippen LogP contribution in [0.1, 0.15) is 75.7 Å². The van der Waals surface area contributed by atoms with Gasteiger partial charge in [0.05, 0.1) is 29.5 Å². The molecule has 240 valence electrons. The molecule has 0 aromatic carbocycles. The summed E-state index contributed by atoms with van der Waals surface area (Å²) in [6, 6.07) is 0. The molecule has 1 rings (SSSR count). The zero-order valence-corrected chi connectivity index (χ0v) is 26.2. The predicted molar refractivity (Wildman–Crippen MR) is 150 cm³/mol. The van der Waals surface area contributed by atoms with E-state index in [1.807, 2.05) is 0 Å². The fraction of sp³-hybridized carbons (Fsp3) is 0.733. The molecule has 0 bridgehead atoms. The van der Waals surface area contributed by atoms with E-state index >= 15 is 0 Å². The van der Waals surface area contributed by atoms with Gasteiger partial charge in [0.15, 0.2) is 17.8 Å². The van der Waals surface area contributed by atoms with Crippen molar-refractivity contribution >= 4 is 23.9 Å². The van der Waals surface area contributed by atoms with Gasteiger partial charge in [-0.3, -0.25) is 14.4 Å². The third kappa shape index (κ3) is 8.85. The van der Waals surface area contributed by atoms with Crippen molar-refractivity contribution in [3.63, 3.8) is 0 Å². The summed E-state index contributed by atoms with van der Waals surface area (Å²) in [5.74, 6) is -5.83. The SMILES string of the molecule is C=C([C@H]1[C@H](O)[C@H](OC(=O)/C(C)=C\C)[C@@H](O)[C@@](C)(OC(C)=O)[C@H]1OC(=O)C(C)C)[C@H](O)C[C@H](OC(=O)C(C)C)C(C)(C)O. The Morgan fingerprint density at radius 1 is 1.00 bits per heavy atom. The molecule has 12 heteroatoms. The Labute approximate surface area is 247 Å². The van der Waals surface area contributed by atoms with Crippen molar-refractivity contribution in [3.8, 4) is 0 Å². The lowest BCUT2D eigenvalue weighted by atomic mass is 9.67. The molecule has 0 aromatic rings. The Hall–Kier alpha value is -2.80. The van der Waals surface area contributed by atoms with Crippen LogP contribution in [-0.4, -0.2) is 92.1 Å². The molecule has 12 nitrogen and oxygen atoms in total. The molecule has 4 N–H and O–H groups in total. The molecular weight excluding hydrogens is 552 g/mol. The zero-order valence-electron chi connectivity index (χ0n) is 26.2. The average Bonchev–Trinajstić information content (AvgIpc) is 2.87. The highest BCUT2D eigenvalue weighted by molar-refractivity contribution is 5.87. The van der Waals surface area contributed by atoms with Crippen molar-refractivity contribution < 1.29 is 58.6 Å². The van der Waals surface area contributed by atoms with E-state index in [1.165, 1.54) is 33.8 Å². The Kier molecular flexibility index (Phi) is 12.9.